The van der Waals surface area contributed by atoms with Gasteiger partial charge in [-0.2, -0.15) is 0 Å². The van der Waals surface area contributed by atoms with E-state index < -0.39 is 0 Å². The molecular formula is C22H34N6O. The van der Waals surface area contributed by atoms with E-state index in [1.807, 2.05) is 30.3 Å². The summed E-state index contributed by atoms with van der Waals surface area (Å²) in [5.74, 6) is 1.47. The van der Waals surface area contributed by atoms with Gasteiger partial charge in [0.05, 0.1) is 6.54 Å². The number of unbranched alkanes of at least 4 members (excludes halogenated alkanes) is 1. The summed E-state index contributed by atoms with van der Waals surface area (Å²) in [4.78, 5) is 14.1. The van der Waals surface area contributed by atoms with Crippen LogP contribution >= 0.6 is 0 Å². The molecule has 158 valence electrons. The van der Waals surface area contributed by atoms with E-state index in [0.717, 1.165) is 36.7 Å². The van der Waals surface area contributed by atoms with Gasteiger partial charge in [-0.25, -0.2) is 9.98 Å². The van der Waals surface area contributed by atoms with Crippen LogP contribution in [-0.2, 0) is 6.54 Å². The van der Waals surface area contributed by atoms with E-state index in [1.54, 1.807) is 6.26 Å². The van der Waals surface area contributed by atoms with Gasteiger partial charge in [0.2, 0.25) is 5.89 Å². The van der Waals surface area contributed by atoms with Crippen molar-refractivity contribution < 1.29 is 4.42 Å². The molecule has 0 radical (unpaired) electrons. The first-order chi connectivity index (χ1) is 14.2. The number of hydrogen-bond acceptors (Lipinski definition) is 5. The quantitative estimate of drug-likeness (QED) is 0.384. The zero-order valence-electron chi connectivity index (χ0n) is 17.7. The molecule has 0 amide bonds. The van der Waals surface area contributed by atoms with Crippen molar-refractivity contribution in [2.45, 2.75) is 26.3 Å². The standard InChI is InChI=1S/C22H34N6O/c1-3-23-22(24-11-7-8-12-28-15-13-27(2)14-16-28)25-17-20-18-29-21(26-20)19-9-5-4-6-10-19/h4-6,9-10,18H,3,7-8,11-17H2,1-2H3,(H2,23,24,25). The molecule has 0 bridgehead atoms. The van der Waals surface area contributed by atoms with Crippen molar-refractivity contribution in [3.8, 4) is 11.5 Å². The van der Waals surface area contributed by atoms with Gasteiger partial charge in [-0.05, 0) is 45.5 Å². The van der Waals surface area contributed by atoms with Crippen LogP contribution in [0, 0.1) is 0 Å². The number of hydrogen-bond donors (Lipinski definition) is 2. The van der Waals surface area contributed by atoms with Crippen molar-refractivity contribution in [3.05, 3.63) is 42.3 Å². The van der Waals surface area contributed by atoms with Crippen molar-refractivity contribution in [3.63, 3.8) is 0 Å². The van der Waals surface area contributed by atoms with Crippen molar-refractivity contribution in [2.75, 3.05) is 52.9 Å². The van der Waals surface area contributed by atoms with E-state index in [9.17, 15) is 0 Å². The van der Waals surface area contributed by atoms with Gasteiger partial charge < -0.3 is 24.9 Å². The summed E-state index contributed by atoms with van der Waals surface area (Å²) in [6, 6.07) is 9.93. The number of nitrogens with zero attached hydrogens (tertiary/aromatic N) is 4. The molecule has 0 unspecified atom stereocenters. The van der Waals surface area contributed by atoms with Gasteiger partial charge in [0, 0.05) is 44.8 Å². The summed E-state index contributed by atoms with van der Waals surface area (Å²) in [5, 5.41) is 6.73. The fourth-order valence-electron chi connectivity index (χ4n) is 3.33. The predicted octanol–water partition coefficient (Wildman–Crippen LogP) is 2.42. The number of nitrogens with one attached hydrogen (secondary N) is 2. The van der Waals surface area contributed by atoms with Crippen LogP contribution in [0.1, 0.15) is 25.5 Å². The van der Waals surface area contributed by atoms with Gasteiger partial charge in [0.25, 0.3) is 0 Å². The number of rotatable bonds is 9. The average molecular weight is 399 g/mol. The molecule has 0 spiro atoms. The summed E-state index contributed by atoms with van der Waals surface area (Å²) >= 11 is 0. The summed E-state index contributed by atoms with van der Waals surface area (Å²) in [5.41, 5.74) is 1.81. The number of benzene rings is 1. The number of aliphatic imine (C=N–C) groups is 1. The molecule has 7 heteroatoms. The maximum absolute atomic E-state index is 5.59. The lowest BCUT2D eigenvalue weighted by Crippen LogP contribution is -2.44. The smallest absolute Gasteiger partial charge is 0.226 e. The van der Waals surface area contributed by atoms with Crippen LogP contribution in [0.25, 0.3) is 11.5 Å². The first kappa shape index (κ1) is 21.3. The number of oxazole rings is 1. The highest BCUT2D eigenvalue weighted by Crippen LogP contribution is 2.18. The Kier molecular flexibility index (Phi) is 8.52. The molecule has 2 N–H and O–H groups in total. The zero-order chi connectivity index (χ0) is 20.3. The van der Waals surface area contributed by atoms with Crippen molar-refractivity contribution in [1.29, 1.82) is 0 Å². The van der Waals surface area contributed by atoms with Gasteiger partial charge in [-0.1, -0.05) is 18.2 Å². The van der Waals surface area contributed by atoms with E-state index in [-0.39, 0.29) is 0 Å². The number of guanidine groups is 1. The maximum atomic E-state index is 5.59. The molecule has 3 rings (SSSR count). The molecule has 2 aromatic rings. The van der Waals surface area contributed by atoms with Crippen LogP contribution in [0.2, 0.25) is 0 Å². The average Bonchev–Trinajstić information content (AvgIpc) is 3.23. The van der Waals surface area contributed by atoms with Crippen molar-refractivity contribution in [2.24, 2.45) is 4.99 Å². The molecule has 1 saturated heterocycles. The topological polar surface area (TPSA) is 68.9 Å². The van der Waals surface area contributed by atoms with E-state index in [1.165, 1.54) is 39.1 Å². The fraction of sp³-hybridized carbons (Fsp3) is 0.545. The van der Waals surface area contributed by atoms with E-state index in [0.29, 0.717) is 12.4 Å². The Bertz CT molecular complexity index is 737. The minimum Gasteiger partial charge on any atom is -0.444 e. The lowest BCUT2D eigenvalue weighted by atomic mass is 10.2. The highest BCUT2D eigenvalue weighted by atomic mass is 16.3. The maximum Gasteiger partial charge on any atom is 0.226 e. The molecule has 1 aliphatic rings. The highest BCUT2D eigenvalue weighted by molar-refractivity contribution is 5.79. The Morgan fingerprint density at radius 2 is 1.90 bits per heavy atom. The van der Waals surface area contributed by atoms with E-state index >= 15 is 0 Å². The third-order valence-corrected chi connectivity index (χ3v) is 5.11. The molecule has 1 aromatic carbocycles. The van der Waals surface area contributed by atoms with Crippen molar-refractivity contribution >= 4 is 5.96 Å². The SMILES string of the molecule is CCNC(=NCc1coc(-c2ccccc2)n1)NCCCCN1CCN(C)CC1. The second-order valence-electron chi connectivity index (χ2n) is 7.48. The molecule has 1 aliphatic heterocycles. The lowest BCUT2D eigenvalue weighted by Gasteiger charge is -2.32. The van der Waals surface area contributed by atoms with E-state index in [2.05, 4.69) is 44.4 Å². The molecule has 7 nitrogen and oxygen atoms in total. The molecule has 0 aliphatic carbocycles. The molecule has 2 heterocycles. The zero-order valence-corrected chi connectivity index (χ0v) is 17.7. The summed E-state index contributed by atoms with van der Waals surface area (Å²) in [6.45, 7) is 10.3. The first-order valence-corrected chi connectivity index (χ1v) is 10.7. The van der Waals surface area contributed by atoms with Gasteiger partial charge in [0.15, 0.2) is 5.96 Å². The van der Waals surface area contributed by atoms with Crippen LogP contribution in [0.15, 0.2) is 46.0 Å². The molecule has 1 aromatic heterocycles. The minimum atomic E-state index is 0.493. The number of piperazine rings is 1. The predicted molar refractivity (Wildman–Crippen MR) is 118 cm³/mol. The first-order valence-electron chi connectivity index (χ1n) is 10.7. The largest absolute Gasteiger partial charge is 0.444 e. The van der Waals surface area contributed by atoms with Crippen LogP contribution in [0.3, 0.4) is 0 Å². The molecule has 0 atom stereocenters. The Morgan fingerprint density at radius 3 is 2.66 bits per heavy atom. The Labute approximate surface area is 174 Å². The molecule has 1 fully saturated rings. The number of likely N-dealkylation sites (N-methyl/N-ethyl adjacent to an activating group) is 1. The van der Waals surface area contributed by atoms with Crippen LogP contribution < -0.4 is 10.6 Å². The minimum absolute atomic E-state index is 0.493. The summed E-state index contributed by atoms with van der Waals surface area (Å²) < 4.78 is 5.59. The van der Waals surface area contributed by atoms with Crippen LogP contribution in [-0.4, -0.2) is 73.6 Å². The summed E-state index contributed by atoms with van der Waals surface area (Å²) in [6.07, 6.45) is 4.03. The highest BCUT2D eigenvalue weighted by Gasteiger charge is 2.12. The number of aromatic nitrogens is 1. The van der Waals surface area contributed by atoms with Crippen molar-refractivity contribution in [1.82, 2.24) is 25.4 Å². The Hall–Kier alpha value is -2.38. The van der Waals surface area contributed by atoms with Gasteiger partial charge in [-0.15, -0.1) is 0 Å². The van der Waals surface area contributed by atoms with Crippen LogP contribution in [0.5, 0.6) is 0 Å². The van der Waals surface area contributed by atoms with Crippen LogP contribution in [0.4, 0.5) is 0 Å². The molecule has 0 saturated carbocycles. The fourth-order valence-corrected chi connectivity index (χ4v) is 3.33. The summed E-state index contributed by atoms with van der Waals surface area (Å²) in [7, 11) is 2.20. The molecule has 29 heavy (non-hydrogen) atoms. The van der Waals surface area contributed by atoms with Gasteiger partial charge in [-0.3, -0.25) is 0 Å². The normalized spacial score (nSPS) is 16.1. The monoisotopic (exact) mass is 398 g/mol. The second kappa shape index (κ2) is 11.6. The Morgan fingerprint density at radius 1 is 1.10 bits per heavy atom. The third kappa shape index (κ3) is 7.18. The Balaban J connectivity index is 1.40. The third-order valence-electron chi connectivity index (χ3n) is 5.11. The van der Waals surface area contributed by atoms with Gasteiger partial charge >= 0.3 is 0 Å². The van der Waals surface area contributed by atoms with E-state index in [4.69, 9.17) is 4.42 Å². The van der Waals surface area contributed by atoms with Gasteiger partial charge in [0.1, 0.15) is 12.0 Å². The lowest BCUT2D eigenvalue weighted by molar-refractivity contribution is 0.152. The molecular weight excluding hydrogens is 364 g/mol. The second-order valence-corrected chi connectivity index (χ2v) is 7.48.